The molecular weight excluding hydrogens is 474 g/mol. The van der Waals surface area contributed by atoms with Crippen molar-refractivity contribution < 1.29 is 19.0 Å². The van der Waals surface area contributed by atoms with Crippen LogP contribution in [-0.4, -0.2) is 18.9 Å². The number of benzene rings is 3. The van der Waals surface area contributed by atoms with Crippen LogP contribution in [-0.2, 0) is 14.3 Å². The van der Waals surface area contributed by atoms with E-state index in [0.29, 0.717) is 35.1 Å². The molecule has 0 saturated carbocycles. The van der Waals surface area contributed by atoms with Crippen LogP contribution >= 0.6 is 11.6 Å². The van der Waals surface area contributed by atoms with Gasteiger partial charge in [-0.1, -0.05) is 61.8 Å². The minimum absolute atomic E-state index is 0.0619. The summed E-state index contributed by atoms with van der Waals surface area (Å²) in [4.78, 5) is 13.4. The molecule has 0 aliphatic carbocycles. The lowest BCUT2D eigenvalue weighted by molar-refractivity contribution is -0.189. The van der Waals surface area contributed by atoms with Crippen molar-refractivity contribution in [3.8, 4) is 17.6 Å². The number of rotatable bonds is 8. The van der Waals surface area contributed by atoms with E-state index in [9.17, 15) is 10.1 Å². The molecule has 5 nitrogen and oxygen atoms in total. The molecule has 3 aromatic rings. The Hall–Kier alpha value is -3.33. The minimum atomic E-state index is -0.655. The van der Waals surface area contributed by atoms with Gasteiger partial charge in [0.1, 0.15) is 11.5 Å². The van der Waals surface area contributed by atoms with Gasteiger partial charge in [0.2, 0.25) is 6.29 Å². The first kappa shape index (κ1) is 25.8. The summed E-state index contributed by atoms with van der Waals surface area (Å²) in [7, 11) is 0. The molecule has 0 aromatic heterocycles. The molecule has 3 aromatic carbocycles. The first-order valence-corrected chi connectivity index (χ1v) is 12.7. The van der Waals surface area contributed by atoms with Gasteiger partial charge in [0, 0.05) is 11.4 Å². The predicted molar refractivity (Wildman–Crippen MR) is 139 cm³/mol. The lowest BCUT2D eigenvalue weighted by atomic mass is 9.80. The van der Waals surface area contributed by atoms with E-state index in [-0.39, 0.29) is 11.9 Å². The van der Waals surface area contributed by atoms with Crippen LogP contribution in [0, 0.1) is 17.2 Å². The number of halogens is 1. The number of hydrogen-bond acceptors (Lipinski definition) is 5. The Labute approximate surface area is 217 Å². The third-order valence-corrected chi connectivity index (χ3v) is 6.54. The maximum absolute atomic E-state index is 13.4. The SMILES string of the molecule is CC(C)C(C(=O)OC1CCCCO1)c1ccc(Cl)cc1C(C#N)c1cccc(Oc2ccccc2)c1. The highest BCUT2D eigenvalue weighted by atomic mass is 35.5. The van der Waals surface area contributed by atoms with Crippen LogP contribution in [0.1, 0.15) is 61.6 Å². The van der Waals surface area contributed by atoms with Crippen molar-refractivity contribution in [2.24, 2.45) is 5.92 Å². The summed E-state index contributed by atoms with van der Waals surface area (Å²) in [5.74, 6) is -0.303. The van der Waals surface area contributed by atoms with E-state index in [1.807, 2.05) is 74.5 Å². The summed E-state index contributed by atoms with van der Waals surface area (Å²) < 4.78 is 17.4. The zero-order valence-corrected chi connectivity index (χ0v) is 21.3. The number of nitrogens with zero attached hydrogens (tertiary/aromatic N) is 1. The van der Waals surface area contributed by atoms with Gasteiger partial charge in [-0.25, -0.2) is 0 Å². The van der Waals surface area contributed by atoms with Crippen LogP contribution in [0.15, 0.2) is 72.8 Å². The molecule has 0 N–H and O–H groups in total. The van der Waals surface area contributed by atoms with E-state index in [2.05, 4.69) is 6.07 Å². The Bertz CT molecular complexity index is 1220. The van der Waals surface area contributed by atoms with Crippen molar-refractivity contribution >= 4 is 17.6 Å². The van der Waals surface area contributed by atoms with Gasteiger partial charge in [0.05, 0.1) is 24.5 Å². The molecule has 3 unspecified atom stereocenters. The molecular formula is C30H30ClNO4. The summed E-state index contributed by atoms with van der Waals surface area (Å²) in [6, 6.07) is 24.7. The Kier molecular flexibility index (Phi) is 8.64. The van der Waals surface area contributed by atoms with Gasteiger partial charge in [0.25, 0.3) is 0 Å². The number of para-hydroxylation sites is 1. The smallest absolute Gasteiger partial charge is 0.315 e. The fourth-order valence-corrected chi connectivity index (χ4v) is 4.73. The van der Waals surface area contributed by atoms with Gasteiger partial charge in [-0.15, -0.1) is 0 Å². The Balaban J connectivity index is 1.67. The van der Waals surface area contributed by atoms with Crippen LogP contribution < -0.4 is 4.74 Å². The normalized spacial score (nSPS) is 17.1. The zero-order chi connectivity index (χ0) is 25.5. The minimum Gasteiger partial charge on any atom is -0.457 e. The monoisotopic (exact) mass is 503 g/mol. The second-order valence-electron chi connectivity index (χ2n) is 9.28. The quantitative estimate of drug-likeness (QED) is 0.296. The van der Waals surface area contributed by atoms with E-state index in [4.69, 9.17) is 25.8 Å². The molecule has 186 valence electrons. The fraction of sp³-hybridized carbons (Fsp3) is 0.333. The second kappa shape index (κ2) is 12.1. The van der Waals surface area contributed by atoms with Gasteiger partial charge in [-0.3, -0.25) is 4.79 Å². The van der Waals surface area contributed by atoms with Gasteiger partial charge >= 0.3 is 5.97 Å². The highest BCUT2D eigenvalue weighted by Gasteiger charge is 2.33. The molecule has 3 atom stereocenters. The number of hydrogen-bond donors (Lipinski definition) is 0. The molecule has 1 fully saturated rings. The number of ether oxygens (including phenoxy) is 3. The largest absolute Gasteiger partial charge is 0.457 e. The molecule has 0 radical (unpaired) electrons. The molecule has 36 heavy (non-hydrogen) atoms. The topological polar surface area (TPSA) is 68.5 Å². The van der Waals surface area contributed by atoms with E-state index in [1.165, 1.54) is 0 Å². The first-order chi connectivity index (χ1) is 17.5. The van der Waals surface area contributed by atoms with Crippen molar-refractivity contribution in [2.45, 2.75) is 51.2 Å². The van der Waals surface area contributed by atoms with Crippen molar-refractivity contribution in [1.82, 2.24) is 0 Å². The lowest BCUT2D eigenvalue weighted by Crippen LogP contribution is -2.30. The third-order valence-electron chi connectivity index (χ3n) is 6.30. The number of esters is 1. The van der Waals surface area contributed by atoms with E-state index in [0.717, 1.165) is 24.0 Å². The molecule has 0 spiro atoms. The van der Waals surface area contributed by atoms with Crippen LogP contribution in [0.3, 0.4) is 0 Å². The molecule has 4 rings (SSSR count). The van der Waals surface area contributed by atoms with Crippen molar-refractivity contribution in [3.05, 3.63) is 94.5 Å². The average Bonchev–Trinajstić information content (AvgIpc) is 2.87. The number of nitriles is 1. The van der Waals surface area contributed by atoms with E-state index in [1.54, 1.807) is 12.1 Å². The predicted octanol–water partition coefficient (Wildman–Crippen LogP) is 7.60. The molecule has 0 bridgehead atoms. The highest BCUT2D eigenvalue weighted by Crippen LogP contribution is 2.38. The molecule has 1 heterocycles. The number of carbonyl (C=O) groups excluding carboxylic acids is 1. The Morgan fingerprint density at radius 3 is 2.47 bits per heavy atom. The van der Waals surface area contributed by atoms with Crippen molar-refractivity contribution in [1.29, 1.82) is 5.26 Å². The molecule has 6 heteroatoms. The van der Waals surface area contributed by atoms with Crippen LogP contribution in [0.4, 0.5) is 0 Å². The van der Waals surface area contributed by atoms with Crippen LogP contribution in [0.2, 0.25) is 5.02 Å². The maximum atomic E-state index is 13.4. The molecule has 1 saturated heterocycles. The number of carbonyl (C=O) groups is 1. The van der Waals surface area contributed by atoms with E-state index < -0.39 is 18.1 Å². The summed E-state index contributed by atoms with van der Waals surface area (Å²) in [5.41, 5.74) is 2.17. The van der Waals surface area contributed by atoms with Gasteiger partial charge in [-0.2, -0.15) is 5.26 Å². The summed E-state index contributed by atoms with van der Waals surface area (Å²) in [6.45, 7) is 4.54. The second-order valence-corrected chi connectivity index (χ2v) is 9.71. The van der Waals surface area contributed by atoms with E-state index >= 15 is 0 Å². The first-order valence-electron chi connectivity index (χ1n) is 12.3. The fourth-order valence-electron chi connectivity index (χ4n) is 4.55. The average molecular weight is 504 g/mol. The lowest BCUT2D eigenvalue weighted by Gasteiger charge is -2.28. The Morgan fingerprint density at radius 1 is 1.00 bits per heavy atom. The van der Waals surface area contributed by atoms with Gasteiger partial charge < -0.3 is 14.2 Å². The molecule has 0 amide bonds. The summed E-state index contributed by atoms with van der Waals surface area (Å²) >= 11 is 6.39. The van der Waals surface area contributed by atoms with Crippen LogP contribution in [0.25, 0.3) is 0 Å². The van der Waals surface area contributed by atoms with Gasteiger partial charge in [-0.05, 0) is 71.8 Å². The maximum Gasteiger partial charge on any atom is 0.315 e. The highest BCUT2D eigenvalue weighted by molar-refractivity contribution is 6.30. The van der Waals surface area contributed by atoms with Crippen molar-refractivity contribution in [2.75, 3.05) is 6.61 Å². The van der Waals surface area contributed by atoms with Crippen LogP contribution in [0.5, 0.6) is 11.5 Å². The third kappa shape index (κ3) is 6.26. The molecule has 1 aliphatic rings. The summed E-state index contributed by atoms with van der Waals surface area (Å²) in [5, 5.41) is 10.8. The standard InChI is InChI=1S/C30H30ClNO4/c1-20(2)29(30(33)36-28-13-6-7-16-34-28)25-15-14-22(31)18-26(25)27(19-32)21-9-8-12-24(17-21)35-23-10-4-3-5-11-23/h3-5,8-12,14-15,17-18,20,27-29H,6-7,13,16H2,1-2H3. The van der Waals surface area contributed by atoms with Crippen molar-refractivity contribution in [3.63, 3.8) is 0 Å². The van der Waals surface area contributed by atoms with Gasteiger partial charge in [0.15, 0.2) is 0 Å². The Morgan fingerprint density at radius 2 is 1.78 bits per heavy atom. The summed E-state index contributed by atoms with van der Waals surface area (Å²) in [6.07, 6.45) is 2.11. The molecule has 1 aliphatic heterocycles. The zero-order valence-electron chi connectivity index (χ0n) is 20.5.